The number of anilines is 1. The lowest BCUT2D eigenvalue weighted by Gasteiger charge is -2.09. The molecule has 0 spiro atoms. The van der Waals surface area contributed by atoms with Crippen molar-refractivity contribution in [2.75, 3.05) is 12.8 Å². The molecule has 3 nitrogen and oxygen atoms in total. The second kappa shape index (κ2) is 4.23. The van der Waals surface area contributed by atoms with Crippen molar-refractivity contribution >= 4 is 5.82 Å². The van der Waals surface area contributed by atoms with Crippen LogP contribution in [-0.2, 0) is 0 Å². The van der Waals surface area contributed by atoms with Gasteiger partial charge in [-0.25, -0.2) is 4.98 Å². The van der Waals surface area contributed by atoms with Gasteiger partial charge in [-0.05, 0) is 31.2 Å². The molecule has 0 unspecified atom stereocenters. The van der Waals surface area contributed by atoms with Gasteiger partial charge in [0.1, 0.15) is 11.6 Å². The van der Waals surface area contributed by atoms with Crippen molar-refractivity contribution in [3.63, 3.8) is 0 Å². The zero-order valence-corrected chi connectivity index (χ0v) is 9.40. The summed E-state index contributed by atoms with van der Waals surface area (Å²) in [7, 11) is 1.67. The van der Waals surface area contributed by atoms with Crippen LogP contribution in [0.5, 0.6) is 5.75 Å². The highest BCUT2D eigenvalue weighted by Gasteiger charge is 2.05. The minimum atomic E-state index is 0.523. The Morgan fingerprint density at radius 3 is 2.62 bits per heavy atom. The molecule has 16 heavy (non-hydrogen) atoms. The molecule has 2 aromatic rings. The summed E-state index contributed by atoms with van der Waals surface area (Å²) < 4.78 is 5.33. The van der Waals surface area contributed by atoms with E-state index in [2.05, 4.69) is 11.1 Å². The van der Waals surface area contributed by atoms with Gasteiger partial charge in [0, 0.05) is 17.3 Å². The molecule has 1 aromatic carbocycles. The van der Waals surface area contributed by atoms with Crippen LogP contribution in [0.4, 0.5) is 5.82 Å². The summed E-state index contributed by atoms with van der Waals surface area (Å²) in [6.45, 7) is 2.05. The number of pyridine rings is 1. The maximum absolute atomic E-state index is 5.56. The summed E-state index contributed by atoms with van der Waals surface area (Å²) in [6.07, 6.45) is 1.76. The lowest BCUT2D eigenvalue weighted by atomic mass is 10.0. The fraction of sp³-hybridized carbons (Fsp3) is 0.154. The molecule has 1 heterocycles. The summed E-state index contributed by atoms with van der Waals surface area (Å²) in [4.78, 5) is 4.08. The zero-order valence-electron chi connectivity index (χ0n) is 9.40. The van der Waals surface area contributed by atoms with Crippen LogP contribution in [0, 0.1) is 6.92 Å². The van der Waals surface area contributed by atoms with Crippen LogP contribution in [0.25, 0.3) is 11.1 Å². The van der Waals surface area contributed by atoms with Gasteiger partial charge in [-0.1, -0.05) is 11.6 Å². The number of rotatable bonds is 2. The van der Waals surface area contributed by atoms with Crippen LogP contribution in [0.3, 0.4) is 0 Å². The van der Waals surface area contributed by atoms with Gasteiger partial charge in [0.25, 0.3) is 0 Å². The highest BCUT2D eigenvalue weighted by atomic mass is 16.5. The third kappa shape index (κ3) is 1.98. The smallest absolute Gasteiger partial charge is 0.126 e. The average Bonchev–Trinajstić information content (AvgIpc) is 2.30. The summed E-state index contributed by atoms with van der Waals surface area (Å²) in [5.74, 6) is 1.37. The third-order valence-corrected chi connectivity index (χ3v) is 2.45. The molecule has 0 saturated carbocycles. The third-order valence-electron chi connectivity index (χ3n) is 2.45. The number of ether oxygens (including phenoxy) is 1. The minimum Gasteiger partial charge on any atom is -0.496 e. The van der Waals surface area contributed by atoms with Gasteiger partial charge in [-0.2, -0.15) is 0 Å². The van der Waals surface area contributed by atoms with E-state index in [4.69, 9.17) is 10.5 Å². The molecule has 0 aliphatic carbocycles. The zero-order chi connectivity index (χ0) is 11.5. The van der Waals surface area contributed by atoms with Crippen molar-refractivity contribution in [3.8, 4) is 16.9 Å². The normalized spacial score (nSPS) is 10.1. The Labute approximate surface area is 94.9 Å². The van der Waals surface area contributed by atoms with E-state index in [1.54, 1.807) is 19.4 Å². The summed E-state index contributed by atoms with van der Waals surface area (Å²) in [5.41, 5.74) is 8.80. The van der Waals surface area contributed by atoms with Gasteiger partial charge < -0.3 is 10.5 Å². The number of benzene rings is 1. The maximum atomic E-state index is 5.56. The van der Waals surface area contributed by atoms with Crippen molar-refractivity contribution in [2.45, 2.75) is 6.92 Å². The van der Waals surface area contributed by atoms with Crippen LogP contribution >= 0.6 is 0 Å². The fourth-order valence-electron chi connectivity index (χ4n) is 1.61. The molecule has 3 heteroatoms. The molecule has 2 rings (SSSR count). The fourth-order valence-corrected chi connectivity index (χ4v) is 1.61. The monoisotopic (exact) mass is 214 g/mol. The summed E-state index contributed by atoms with van der Waals surface area (Å²) >= 11 is 0. The molecule has 1 aromatic heterocycles. The van der Waals surface area contributed by atoms with Gasteiger partial charge in [-0.3, -0.25) is 0 Å². The second-order valence-corrected chi connectivity index (χ2v) is 3.68. The molecular weight excluding hydrogens is 200 g/mol. The number of aryl methyl sites for hydroxylation is 1. The molecule has 82 valence electrons. The number of nitrogen functional groups attached to an aromatic ring is 1. The van der Waals surface area contributed by atoms with E-state index < -0.39 is 0 Å². The predicted molar refractivity (Wildman–Crippen MR) is 65.4 cm³/mol. The molecule has 0 radical (unpaired) electrons. The molecular formula is C13H14N2O. The van der Waals surface area contributed by atoms with E-state index in [1.165, 1.54) is 5.56 Å². The van der Waals surface area contributed by atoms with E-state index >= 15 is 0 Å². The summed E-state index contributed by atoms with van der Waals surface area (Å²) in [6, 6.07) is 9.79. The average molecular weight is 214 g/mol. The van der Waals surface area contributed by atoms with Crippen molar-refractivity contribution in [2.24, 2.45) is 0 Å². The van der Waals surface area contributed by atoms with Gasteiger partial charge in [0.2, 0.25) is 0 Å². The molecule has 0 saturated heterocycles. The second-order valence-electron chi connectivity index (χ2n) is 3.68. The number of aromatic nitrogens is 1. The number of nitrogens with two attached hydrogens (primary N) is 1. The Hall–Kier alpha value is -2.03. The number of nitrogens with zero attached hydrogens (tertiary/aromatic N) is 1. The molecule has 2 N–H and O–H groups in total. The largest absolute Gasteiger partial charge is 0.496 e. The lowest BCUT2D eigenvalue weighted by Crippen LogP contribution is -1.92. The first-order chi connectivity index (χ1) is 7.70. The van der Waals surface area contributed by atoms with Crippen molar-refractivity contribution in [1.29, 1.82) is 0 Å². The van der Waals surface area contributed by atoms with Gasteiger partial charge >= 0.3 is 0 Å². The van der Waals surface area contributed by atoms with Gasteiger partial charge in [-0.15, -0.1) is 0 Å². The van der Waals surface area contributed by atoms with Gasteiger partial charge in [0.05, 0.1) is 7.11 Å². The van der Waals surface area contributed by atoms with E-state index in [0.29, 0.717) is 5.82 Å². The van der Waals surface area contributed by atoms with Crippen LogP contribution in [0.1, 0.15) is 5.56 Å². The SMILES string of the molecule is COc1ccc(C)cc1-c1ccc(N)nc1. The molecule has 0 aliphatic heterocycles. The Kier molecular flexibility index (Phi) is 2.77. The van der Waals surface area contributed by atoms with E-state index in [9.17, 15) is 0 Å². The molecule has 0 fully saturated rings. The maximum Gasteiger partial charge on any atom is 0.126 e. The Bertz CT molecular complexity index is 492. The first-order valence-electron chi connectivity index (χ1n) is 5.07. The summed E-state index contributed by atoms with van der Waals surface area (Å²) in [5, 5.41) is 0. The molecule has 0 atom stereocenters. The van der Waals surface area contributed by atoms with Crippen LogP contribution < -0.4 is 10.5 Å². The Morgan fingerprint density at radius 1 is 1.19 bits per heavy atom. The topological polar surface area (TPSA) is 48.1 Å². The van der Waals surface area contributed by atoms with Gasteiger partial charge in [0.15, 0.2) is 0 Å². The van der Waals surface area contributed by atoms with Crippen LogP contribution in [-0.4, -0.2) is 12.1 Å². The first-order valence-corrected chi connectivity index (χ1v) is 5.07. The van der Waals surface area contributed by atoms with Crippen molar-refractivity contribution < 1.29 is 4.74 Å². The van der Waals surface area contributed by atoms with E-state index in [1.807, 2.05) is 25.1 Å². The number of hydrogen-bond acceptors (Lipinski definition) is 3. The highest BCUT2D eigenvalue weighted by molar-refractivity contribution is 5.71. The van der Waals surface area contributed by atoms with Crippen LogP contribution in [0.2, 0.25) is 0 Å². The lowest BCUT2D eigenvalue weighted by molar-refractivity contribution is 0.416. The first kappa shape index (κ1) is 10.5. The standard InChI is InChI=1S/C13H14N2O/c1-9-3-5-12(16-2)11(7-9)10-4-6-13(14)15-8-10/h3-8H,1-2H3,(H2,14,15). The predicted octanol–water partition coefficient (Wildman–Crippen LogP) is 2.65. The van der Waals surface area contributed by atoms with Crippen LogP contribution in [0.15, 0.2) is 36.5 Å². The quantitative estimate of drug-likeness (QED) is 0.836. The highest BCUT2D eigenvalue weighted by Crippen LogP contribution is 2.30. The van der Waals surface area contributed by atoms with E-state index in [0.717, 1.165) is 16.9 Å². The van der Waals surface area contributed by atoms with E-state index in [-0.39, 0.29) is 0 Å². The van der Waals surface area contributed by atoms with Crippen molar-refractivity contribution in [1.82, 2.24) is 4.98 Å². The molecule has 0 bridgehead atoms. The Morgan fingerprint density at radius 2 is 2.00 bits per heavy atom. The molecule has 0 aliphatic rings. The number of methoxy groups -OCH3 is 1. The van der Waals surface area contributed by atoms with Crippen molar-refractivity contribution in [3.05, 3.63) is 42.1 Å². The number of hydrogen-bond donors (Lipinski definition) is 1. The minimum absolute atomic E-state index is 0.523. The Balaban J connectivity index is 2.53. The molecule has 0 amide bonds.